The van der Waals surface area contributed by atoms with Crippen molar-refractivity contribution in [2.45, 2.75) is 24.2 Å². The van der Waals surface area contributed by atoms with Crippen LogP contribution in [0.3, 0.4) is 0 Å². The van der Waals surface area contributed by atoms with Crippen LogP contribution in [0.1, 0.15) is 27.2 Å². The van der Waals surface area contributed by atoms with Crippen molar-refractivity contribution < 1.29 is 39.6 Å². The van der Waals surface area contributed by atoms with Crippen molar-refractivity contribution in [1.29, 1.82) is 0 Å². The van der Waals surface area contributed by atoms with Gasteiger partial charge in [-0.05, 0) is 55.5 Å². The number of rotatable bonds is 6. The van der Waals surface area contributed by atoms with Crippen molar-refractivity contribution in [2.75, 3.05) is 16.7 Å². The number of sulfonamides is 1. The van der Waals surface area contributed by atoms with E-state index in [2.05, 4.69) is 0 Å². The van der Waals surface area contributed by atoms with E-state index in [9.17, 15) is 44.3 Å². The van der Waals surface area contributed by atoms with Crippen LogP contribution in [0.15, 0.2) is 76.4 Å². The first-order valence-corrected chi connectivity index (χ1v) is 13.9. The van der Waals surface area contributed by atoms with Crippen LogP contribution in [-0.2, 0) is 29.4 Å². The lowest BCUT2D eigenvalue weighted by Gasteiger charge is -2.20. The van der Waals surface area contributed by atoms with E-state index in [0.717, 1.165) is 25.2 Å². The molecule has 0 fully saturated rings. The molecular weight excluding hydrogens is 626 g/mol. The van der Waals surface area contributed by atoms with Gasteiger partial charge in [0.05, 0.1) is 33.2 Å². The van der Waals surface area contributed by atoms with Gasteiger partial charge in [0.1, 0.15) is 10.6 Å². The molecule has 3 aromatic carbocycles. The number of anilines is 2. The molecule has 4 aromatic rings. The molecule has 0 saturated carbocycles. The molecule has 0 aliphatic rings. The molecule has 0 aliphatic heterocycles. The maximum absolute atomic E-state index is 13.7. The average molecular weight is 647 g/mol. The van der Waals surface area contributed by atoms with E-state index in [4.69, 9.17) is 11.6 Å². The largest absolute Gasteiger partial charge is 0.418 e. The molecule has 0 aliphatic carbocycles. The van der Waals surface area contributed by atoms with E-state index in [0.29, 0.717) is 9.99 Å². The number of nitrogens with one attached hydrogen (secondary N) is 1. The summed E-state index contributed by atoms with van der Waals surface area (Å²) in [6.07, 6.45) is -10.1. The number of para-hydroxylation sites is 1. The number of hydrogen-bond acceptors (Lipinski definition) is 4. The first-order valence-electron chi connectivity index (χ1n) is 12.1. The predicted molar refractivity (Wildman–Crippen MR) is 147 cm³/mol. The van der Waals surface area contributed by atoms with Crippen molar-refractivity contribution >= 4 is 38.9 Å². The van der Waals surface area contributed by atoms with E-state index in [1.165, 1.54) is 23.3 Å². The van der Waals surface area contributed by atoms with Gasteiger partial charge in [-0.1, -0.05) is 29.8 Å². The Morgan fingerprint density at radius 1 is 0.930 bits per heavy atom. The number of carbonyl (C=O) groups excluding carboxylic acids is 1. The highest BCUT2D eigenvalue weighted by Crippen LogP contribution is 2.39. The molecule has 1 aromatic heterocycles. The Morgan fingerprint density at radius 3 is 2.14 bits per heavy atom. The van der Waals surface area contributed by atoms with Gasteiger partial charge in [-0.25, -0.2) is 13.1 Å². The fraction of sp³-hybridized carbons (Fsp3) is 0.185. The van der Waals surface area contributed by atoms with Gasteiger partial charge in [0.25, 0.3) is 21.5 Å². The second kappa shape index (κ2) is 11.1. The Morgan fingerprint density at radius 2 is 1.56 bits per heavy atom. The molecule has 0 spiro atoms. The summed E-state index contributed by atoms with van der Waals surface area (Å²) < 4.78 is 111. The molecule has 0 bridgehead atoms. The Labute approximate surface area is 245 Å². The zero-order valence-electron chi connectivity index (χ0n) is 22.4. The summed E-state index contributed by atoms with van der Waals surface area (Å²) in [6, 6.07) is 11.6. The Hall–Kier alpha value is -4.24. The highest BCUT2D eigenvalue weighted by molar-refractivity contribution is 7.93. The van der Waals surface area contributed by atoms with Gasteiger partial charge >= 0.3 is 12.4 Å². The van der Waals surface area contributed by atoms with Crippen LogP contribution in [0.4, 0.5) is 37.7 Å². The third-order valence-corrected chi connectivity index (χ3v) is 8.81. The summed E-state index contributed by atoms with van der Waals surface area (Å²) in [4.78, 5) is 25.6. The van der Waals surface area contributed by atoms with Gasteiger partial charge < -0.3 is 5.32 Å². The van der Waals surface area contributed by atoms with Crippen LogP contribution >= 0.6 is 11.6 Å². The molecule has 228 valence electrons. The van der Waals surface area contributed by atoms with Crippen LogP contribution in [0.25, 0.3) is 5.69 Å². The number of benzene rings is 3. The summed E-state index contributed by atoms with van der Waals surface area (Å²) in [5.41, 5.74) is -4.99. The van der Waals surface area contributed by atoms with E-state index >= 15 is 0 Å². The van der Waals surface area contributed by atoms with Crippen molar-refractivity contribution in [3.05, 3.63) is 104 Å². The third kappa shape index (κ3) is 5.99. The molecule has 0 radical (unpaired) electrons. The van der Waals surface area contributed by atoms with Gasteiger partial charge in [0.15, 0.2) is 0 Å². The molecule has 16 heteroatoms. The molecular formula is C27H21ClF6N4O4S. The Bertz CT molecular complexity index is 1880. The van der Waals surface area contributed by atoms with Crippen LogP contribution in [-0.4, -0.2) is 30.7 Å². The van der Waals surface area contributed by atoms with E-state index in [1.807, 2.05) is 0 Å². The van der Waals surface area contributed by atoms with E-state index in [-0.39, 0.29) is 29.6 Å². The maximum atomic E-state index is 13.7. The lowest BCUT2D eigenvalue weighted by atomic mass is 10.1. The highest BCUT2D eigenvalue weighted by atomic mass is 35.5. The summed E-state index contributed by atoms with van der Waals surface area (Å²) in [6.45, 7) is 1.50. The lowest BCUT2D eigenvalue weighted by Crippen LogP contribution is -2.32. The summed E-state index contributed by atoms with van der Waals surface area (Å²) in [7, 11) is -2.06. The van der Waals surface area contributed by atoms with E-state index in [1.54, 1.807) is 35.6 Å². The molecule has 1 heterocycles. The van der Waals surface area contributed by atoms with Gasteiger partial charge in [-0.2, -0.15) is 26.3 Å². The van der Waals surface area contributed by atoms with Crippen molar-refractivity contribution in [2.24, 2.45) is 7.05 Å². The summed E-state index contributed by atoms with van der Waals surface area (Å²) in [5, 5.41) is 1.39. The summed E-state index contributed by atoms with van der Waals surface area (Å²) >= 11 is 6.15. The van der Waals surface area contributed by atoms with Crippen LogP contribution in [0.2, 0.25) is 5.02 Å². The minimum absolute atomic E-state index is 0.123. The SMILES string of the molecule is Cc1c(N(C)S(=O)(=O)c2cc(C(=O)Nc3cc(C(F)(F)F)ccc3C(F)(F)F)ccc2Cl)c(=O)n(-c2ccccc2)n1C. The molecule has 1 amide bonds. The molecule has 1 N–H and O–H groups in total. The Balaban J connectivity index is 1.75. The number of carbonyl (C=O) groups is 1. The minimum atomic E-state index is -5.12. The standard InChI is InChI=1S/C27H21ClF6N4O4S/c1-15-23(25(40)38(36(15)2)18-7-5-4-6-8-18)37(3)43(41,42)22-13-16(9-12-20(22)28)24(39)35-21-14-17(26(29,30)31)10-11-19(21)27(32,33)34/h4-14H,1-3H3,(H,35,39). The highest BCUT2D eigenvalue weighted by Gasteiger charge is 2.38. The molecule has 4 rings (SSSR count). The van der Waals surface area contributed by atoms with Crippen molar-refractivity contribution in [3.8, 4) is 5.69 Å². The zero-order chi connectivity index (χ0) is 32.1. The third-order valence-electron chi connectivity index (χ3n) is 6.57. The number of aromatic nitrogens is 2. The van der Waals surface area contributed by atoms with Gasteiger partial charge in [0.2, 0.25) is 0 Å². The van der Waals surface area contributed by atoms with Crippen LogP contribution in [0.5, 0.6) is 0 Å². The number of amides is 1. The maximum Gasteiger partial charge on any atom is 0.418 e. The minimum Gasteiger partial charge on any atom is -0.321 e. The molecule has 0 saturated heterocycles. The van der Waals surface area contributed by atoms with Gasteiger partial charge in [0, 0.05) is 19.7 Å². The smallest absolute Gasteiger partial charge is 0.321 e. The quantitative estimate of drug-likeness (QED) is 0.251. The molecule has 0 atom stereocenters. The molecule has 8 nitrogen and oxygen atoms in total. The lowest BCUT2D eigenvalue weighted by molar-refractivity contribution is -0.140. The van der Waals surface area contributed by atoms with Gasteiger partial charge in [-0.3, -0.25) is 18.6 Å². The van der Waals surface area contributed by atoms with Crippen LogP contribution < -0.4 is 15.2 Å². The molecule has 43 heavy (non-hydrogen) atoms. The van der Waals surface area contributed by atoms with Crippen molar-refractivity contribution in [3.63, 3.8) is 0 Å². The second-order valence-electron chi connectivity index (χ2n) is 9.24. The second-order valence-corrected chi connectivity index (χ2v) is 11.6. The monoisotopic (exact) mass is 646 g/mol. The molecule has 0 unspecified atom stereocenters. The number of hydrogen-bond donors (Lipinski definition) is 1. The van der Waals surface area contributed by atoms with E-state index < -0.39 is 66.1 Å². The first kappa shape index (κ1) is 31.7. The van der Waals surface area contributed by atoms with Crippen LogP contribution in [0, 0.1) is 6.92 Å². The number of halogens is 7. The fourth-order valence-corrected chi connectivity index (χ4v) is 6.04. The number of alkyl halides is 6. The number of nitrogens with zero attached hydrogens (tertiary/aromatic N) is 3. The fourth-order valence-electron chi connectivity index (χ4n) is 4.29. The first-order chi connectivity index (χ1) is 19.9. The van der Waals surface area contributed by atoms with Crippen molar-refractivity contribution in [1.82, 2.24) is 9.36 Å². The van der Waals surface area contributed by atoms with Gasteiger partial charge in [-0.15, -0.1) is 0 Å². The topological polar surface area (TPSA) is 93.4 Å². The summed E-state index contributed by atoms with van der Waals surface area (Å²) in [5.74, 6) is -1.34. The predicted octanol–water partition coefficient (Wildman–Crippen LogP) is 6.25. The Kier molecular flexibility index (Phi) is 8.19. The zero-order valence-corrected chi connectivity index (χ0v) is 24.0. The average Bonchev–Trinajstić information content (AvgIpc) is 3.14. The normalized spacial score (nSPS) is 12.3.